The van der Waals surface area contributed by atoms with Gasteiger partial charge in [-0.3, -0.25) is 4.79 Å². The van der Waals surface area contributed by atoms with Gasteiger partial charge in [0.25, 0.3) is 5.91 Å². The zero-order chi connectivity index (χ0) is 12.8. The van der Waals surface area contributed by atoms with Gasteiger partial charge in [-0.2, -0.15) is 0 Å². The first-order chi connectivity index (χ1) is 8.10. The minimum absolute atomic E-state index is 0.114. The second-order valence-electron chi connectivity index (χ2n) is 3.88. The highest BCUT2D eigenvalue weighted by molar-refractivity contribution is 5.95. The quantitative estimate of drug-likeness (QED) is 0.854. The Labute approximate surface area is 102 Å². The number of hydrogen-bond acceptors (Lipinski definition) is 3. The van der Waals surface area contributed by atoms with E-state index in [0.717, 1.165) is 6.42 Å². The monoisotopic (exact) mass is 237 g/mol. The van der Waals surface area contributed by atoms with E-state index in [1.807, 2.05) is 13.8 Å². The number of benzene rings is 1. The van der Waals surface area contributed by atoms with Gasteiger partial charge in [-0.25, -0.2) is 0 Å². The Bertz CT molecular complexity index is 368. The van der Waals surface area contributed by atoms with Crippen molar-refractivity contribution in [3.8, 4) is 11.5 Å². The first-order valence-electron chi connectivity index (χ1n) is 5.64. The molecular formula is C13H19NO3. The maximum absolute atomic E-state index is 11.9. The number of rotatable bonds is 5. The normalized spacial score (nSPS) is 11.8. The average molecular weight is 237 g/mol. The van der Waals surface area contributed by atoms with Gasteiger partial charge in [-0.15, -0.1) is 0 Å². The Morgan fingerprint density at radius 1 is 1.24 bits per heavy atom. The van der Waals surface area contributed by atoms with Crippen LogP contribution >= 0.6 is 0 Å². The van der Waals surface area contributed by atoms with Crippen LogP contribution in [-0.4, -0.2) is 26.2 Å². The molecule has 4 heteroatoms. The van der Waals surface area contributed by atoms with E-state index in [1.165, 1.54) is 0 Å². The molecule has 4 nitrogen and oxygen atoms in total. The molecule has 0 aliphatic carbocycles. The van der Waals surface area contributed by atoms with Crippen LogP contribution in [0.1, 0.15) is 30.6 Å². The molecule has 0 saturated heterocycles. The molecule has 0 aliphatic rings. The number of ether oxygens (including phenoxy) is 2. The fourth-order valence-corrected chi connectivity index (χ4v) is 1.35. The minimum Gasteiger partial charge on any atom is -0.497 e. The van der Waals surface area contributed by atoms with Crippen LogP contribution in [0.4, 0.5) is 0 Å². The molecule has 0 aromatic heterocycles. The van der Waals surface area contributed by atoms with Gasteiger partial charge in [0.1, 0.15) is 11.5 Å². The van der Waals surface area contributed by atoms with Gasteiger partial charge in [0.2, 0.25) is 0 Å². The first kappa shape index (κ1) is 13.4. The van der Waals surface area contributed by atoms with Gasteiger partial charge < -0.3 is 14.8 Å². The highest BCUT2D eigenvalue weighted by Gasteiger charge is 2.11. The Morgan fingerprint density at radius 2 is 1.76 bits per heavy atom. The predicted octanol–water partition coefficient (Wildman–Crippen LogP) is 2.23. The van der Waals surface area contributed by atoms with Crippen molar-refractivity contribution in [1.82, 2.24) is 5.32 Å². The van der Waals surface area contributed by atoms with Crippen LogP contribution in [0.2, 0.25) is 0 Å². The number of methoxy groups -OCH3 is 2. The Morgan fingerprint density at radius 3 is 2.18 bits per heavy atom. The van der Waals surface area contributed by atoms with Crippen molar-refractivity contribution in [2.45, 2.75) is 26.3 Å². The van der Waals surface area contributed by atoms with Gasteiger partial charge in [-0.1, -0.05) is 6.92 Å². The molecule has 1 aromatic carbocycles. The fourth-order valence-electron chi connectivity index (χ4n) is 1.35. The third-order valence-electron chi connectivity index (χ3n) is 2.60. The summed E-state index contributed by atoms with van der Waals surface area (Å²) in [4.78, 5) is 11.9. The molecule has 0 aliphatic heterocycles. The predicted molar refractivity (Wildman–Crippen MR) is 66.8 cm³/mol. The lowest BCUT2D eigenvalue weighted by atomic mass is 10.1. The van der Waals surface area contributed by atoms with Gasteiger partial charge in [0, 0.05) is 17.7 Å². The second-order valence-corrected chi connectivity index (χ2v) is 3.88. The molecule has 0 radical (unpaired) electrons. The summed E-state index contributed by atoms with van der Waals surface area (Å²) in [6, 6.07) is 5.28. The van der Waals surface area contributed by atoms with E-state index in [4.69, 9.17) is 9.47 Å². The number of carbonyl (C=O) groups is 1. The van der Waals surface area contributed by atoms with Crippen molar-refractivity contribution >= 4 is 5.91 Å². The largest absolute Gasteiger partial charge is 0.497 e. The van der Waals surface area contributed by atoms with Gasteiger partial charge in [0.15, 0.2) is 0 Å². The molecule has 0 saturated carbocycles. The average Bonchev–Trinajstić information content (AvgIpc) is 2.37. The summed E-state index contributed by atoms with van der Waals surface area (Å²) in [6.07, 6.45) is 0.896. The zero-order valence-electron chi connectivity index (χ0n) is 10.7. The molecule has 1 atom stereocenters. The van der Waals surface area contributed by atoms with Gasteiger partial charge in [0.05, 0.1) is 14.2 Å². The third-order valence-corrected chi connectivity index (χ3v) is 2.60. The molecule has 0 fully saturated rings. The molecule has 0 spiro atoms. The molecular weight excluding hydrogens is 218 g/mol. The second kappa shape index (κ2) is 6.13. The zero-order valence-corrected chi connectivity index (χ0v) is 10.7. The van der Waals surface area contributed by atoms with Crippen molar-refractivity contribution in [2.24, 2.45) is 0 Å². The van der Waals surface area contributed by atoms with E-state index < -0.39 is 0 Å². The van der Waals surface area contributed by atoms with Gasteiger partial charge in [-0.05, 0) is 25.5 Å². The van der Waals surface area contributed by atoms with Crippen molar-refractivity contribution in [3.05, 3.63) is 23.8 Å². The van der Waals surface area contributed by atoms with Crippen molar-refractivity contribution in [1.29, 1.82) is 0 Å². The Kier molecular flexibility index (Phi) is 4.82. The van der Waals surface area contributed by atoms with Crippen LogP contribution in [0.5, 0.6) is 11.5 Å². The van der Waals surface area contributed by atoms with Gasteiger partial charge >= 0.3 is 0 Å². The van der Waals surface area contributed by atoms with Crippen LogP contribution < -0.4 is 14.8 Å². The smallest absolute Gasteiger partial charge is 0.251 e. The van der Waals surface area contributed by atoms with Crippen molar-refractivity contribution < 1.29 is 14.3 Å². The van der Waals surface area contributed by atoms with Crippen molar-refractivity contribution in [3.63, 3.8) is 0 Å². The van der Waals surface area contributed by atoms with Crippen LogP contribution in [0, 0.1) is 0 Å². The van der Waals surface area contributed by atoms with E-state index in [0.29, 0.717) is 17.1 Å². The van der Waals surface area contributed by atoms with E-state index in [2.05, 4.69) is 5.32 Å². The van der Waals surface area contributed by atoms with Crippen LogP contribution in [0.3, 0.4) is 0 Å². The molecule has 0 heterocycles. The lowest BCUT2D eigenvalue weighted by Gasteiger charge is -2.13. The number of nitrogens with one attached hydrogen (secondary N) is 1. The Hall–Kier alpha value is -1.71. The summed E-state index contributed by atoms with van der Waals surface area (Å²) in [5.74, 6) is 1.11. The van der Waals surface area contributed by atoms with E-state index in [1.54, 1.807) is 32.4 Å². The summed E-state index contributed by atoms with van der Waals surface area (Å²) < 4.78 is 10.2. The lowest BCUT2D eigenvalue weighted by Crippen LogP contribution is -2.31. The molecule has 0 bridgehead atoms. The third kappa shape index (κ3) is 3.66. The minimum atomic E-state index is -0.114. The molecule has 94 valence electrons. The summed E-state index contributed by atoms with van der Waals surface area (Å²) in [5, 5.41) is 2.90. The lowest BCUT2D eigenvalue weighted by molar-refractivity contribution is 0.0938. The summed E-state index contributed by atoms with van der Waals surface area (Å²) in [7, 11) is 3.12. The molecule has 1 amide bonds. The van der Waals surface area contributed by atoms with Crippen molar-refractivity contribution in [2.75, 3.05) is 14.2 Å². The highest BCUT2D eigenvalue weighted by atomic mass is 16.5. The first-order valence-corrected chi connectivity index (χ1v) is 5.64. The van der Waals surface area contributed by atoms with E-state index >= 15 is 0 Å². The highest BCUT2D eigenvalue weighted by Crippen LogP contribution is 2.22. The van der Waals surface area contributed by atoms with Crippen LogP contribution in [0.25, 0.3) is 0 Å². The van der Waals surface area contributed by atoms with E-state index in [-0.39, 0.29) is 11.9 Å². The maximum Gasteiger partial charge on any atom is 0.251 e. The SMILES string of the molecule is CCC(C)NC(=O)c1cc(OC)cc(OC)c1. The number of amides is 1. The molecule has 1 N–H and O–H groups in total. The number of hydrogen-bond donors (Lipinski definition) is 1. The fraction of sp³-hybridized carbons (Fsp3) is 0.462. The van der Waals surface area contributed by atoms with E-state index in [9.17, 15) is 4.79 Å². The topological polar surface area (TPSA) is 47.6 Å². The summed E-state index contributed by atoms with van der Waals surface area (Å²) >= 11 is 0. The van der Waals surface area contributed by atoms with Crippen LogP contribution in [0.15, 0.2) is 18.2 Å². The molecule has 1 aromatic rings. The molecule has 1 rings (SSSR count). The summed E-state index contributed by atoms with van der Waals surface area (Å²) in [6.45, 7) is 3.99. The molecule has 17 heavy (non-hydrogen) atoms. The van der Waals surface area contributed by atoms with Crippen LogP contribution in [-0.2, 0) is 0 Å². The summed E-state index contributed by atoms with van der Waals surface area (Å²) in [5.41, 5.74) is 0.543. The standard InChI is InChI=1S/C13H19NO3/c1-5-9(2)14-13(15)10-6-11(16-3)8-12(7-10)17-4/h6-9H,5H2,1-4H3,(H,14,15). The molecule has 1 unspecified atom stereocenters. The number of carbonyl (C=O) groups excluding carboxylic acids is 1. The maximum atomic E-state index is 11.9. The Balaban J connectivity index is 2.92.